The van der Waals surface area contributed by atoms with Gasteiger partial charge in [0.15, 0.2) is 12.4 Å². The van der Waals surface area contributed by atoms with E-state index in [0.717, 1.165) is 0 Å². The third-order valence-electron chi connectivity index (χ3n) is 2.07. The van der Waals surface area contributed by atoms with Crippen molar-refractivity contribution < 1.29 is 18.8 Å². The van der Waals surface area contributed by atoms with Crippen LogP contribution in [0, 0.1) is 0 Å². The first-order valence-electron chi connectivity index (χ1n) is 5.24. The topological polar surface area (TPSA) is 94.3 Å². The smallest absolute Gasteiger partial charge is 0.340 e. The summed E-state index contributed by atoms with van der Waals surface area (Å²) in [4.78, 5) is 26.8. The van der Waals surface area contributed by atoms with Gasteiger partial charge in [-0.1, -0.05) is 28.4 Å². The molecule has 1 N–H and O–H groups in total. The predicted molar refractivity (Wildman–Crippen MR) is 69.7 cm³/mol. The van der Waals surface area contributed by atoms with Crippen LogP contribution >= 0.6 is 23.2 Å². The van der Waals surface area contributed by atoms with Crippen molar-refractivity contribution in [2.45, 2.75) is 0 Å². The molecule has 0 atom stereocenters. The van der Waals surface area contributed by atoms with Crippen LogP contribution in [0.4, 0.5) is 5.82 Å². The Balaban J connectivity index is 1.88. The monoisotopic (exact) mass is 315 g/mol. The Morgan fingerprint density at radius 3 is 2.85 bits per heavy atom. The maximum atomic E-state index is 11.6. The molecule has 0 saturated heterocycles. The van der Waals surface area contributed by atoms with Crippen LogP contribution in [0.15, 0.2) is 29.1 Å². The first-order valence-corrected chi connectivity index (χ1v) is 6.00. The van der Waals surface area contributed by atoms with E-state index in [1.807, 2.05) is 0 Å². The van der Waals surface area contributed by atoms with Gasteiger partial charge in [0, 0.05) is 12.3 Å². The molecule has 104 valence electrons. The molecular formula is C11H7Cl2N3O4. The maximum absolute atomic E-state index is 11.6. The summed E-state index contributed by atoms with van der Waals surface area (Å²) in [5.74, 6) is -1.08. The molecule has 1 amide bonds. The summed E-state index contributed by atoms with van der Waals surface area (Å²) in [5.41, 5.74) is 0.0913. The van der Waals surface area contributed by atoms with E-state index < -0.39 is 18.5 Å². The zero-order valence-corrected chi connectivity index (χ0v) is 11.3. The van der Waals surface area contributed by atoms with E-state index in [0.29, 0.717) is 0 Å². The summed E-state index contributed by atoms with van der Waals surface area (Å²) in [6, 6.07) is 2.75. The molecule has 0 aliphatic heterocycles. The molecule has 0 spiro atoms. The highest BCUT2D eigenvalue weighted by Gasteiger charge is 2.13. The average Bonchev–Trinajstić information content (AvgIpc) is 2.92. The fraction of sp³-hybridized carbons (Fsp3) is 0.0909. The molecule has 0 bridgehead atoms. The Kier molecular flexibility index (Phi) is 4.54. The SMILES string of the molecule is O=C(COC(=O)c1cnc(Cl)c(Cl)c1)Nc1ccon1. The van der Waals surface area contributed by atoms with E-state index in [-0.39, 0.29) is 21.6 Å². The van der Waals surface area contributed by atoms with E-state index in [1.165, 1.54) is 24.6 Å². The predicted octanol–water partition coefficient (Wildman–Crippen LogP) is 2.17. The molecule has 0 aliphatic carbocycles. The van der Waals surface area contributed by atoms with Gasteiger partial charge in [0.2, 0.25) is 0 Å². The van der Waals surface area contributed by atoms with Gasteiger partial charge < -0.3 is 14.6 Å². The highest BCUT2D eigenvalue weighted by Crippen LogP contribution is 2.20. The molecule has 7 nitrogen and oxygen atoms in total. The number of ether oxygens (including phenoxy) is 1. The Morgan fingerprint density at radius 2 is 2.20 bits per heavy atom. The second-order valence-electron chi connectivity index (χ2n) is 3.51. The fourth-order valence-electron chi connectivity index (χ4n) is 1.20. The van der Waals surface area contributed by atoms with Crippen LogP contribution in [-0.4, -0.2) is 28.6 Å². The van der Waals surface area contributed by atoms with E-state index in [1.54, 1.807) is 0 Å². The van der Waals surface area contributed by atoms with Crippen molar-refractivity contribution in [2.24, 2.45) is 0 Å². The minimum absolute atomic E-state index is 0.0759. The van der Waals surface area contributed by atoms with Gasteiger partial charge >= 0.3 is 5.97 Å². The minimum Gasteiger partial charge on any atom is -0.452 e. The number of anilines is 1. The third kappa shape index (κ3) is 3.69. The van der Waals surface area contributed by atoms with Crippen molar-refractivity contribution in [2.75, 3.05) is 11.9 Å². The Bertz CT molecular complexity index is 631. The molecular weight excluding hydrogens is 309 g/mol. The molecule has 0 radical (unpaired) electrons. The van der Waals surface area contributed by atoms with Gasteiger partial charge in [-0.25, -0.2) is 9.78 Å². The van der Waals surface area contributed by atoms with Crippen molar-refractivity contribution in [3.8, 4) is 0 Å². The number of nitrogens with zero attached hydrogens (tertiary/aromatic N) is 2. The molecule has 0 fully saturated rings. The molecule has 0 unspecified atom stereocenters. The van der Waals surface area contributed by atoms with Crippen molar-refractivity contribution in [3.63, 3.8) is 0 Å². The van der Waals surface area contributed by atoms with Gasteiger partial charge in [0.1, 0.15) is 11.4 Å². The number of aromatic nitrogens is 2. The van der Waals surface area contributed by atoms with Crippen LogP contribution in [0.3, 0.4) is 0 Å². The van der Waals surface area contributed by atoms with Gasteiger partial charge in [-0.05, 0) is 6.07 Å². The number of rotatable bonds is 4. The van der Waals surface area contributed by atoms with Crippen LogP contribution in [-0.2, 0) is 9.53 Å². The zero-order chi connectivity index (χ0) is 14.5. The van der Waals surface area contributed by atoms with E-state index in [9.17, 15) is 9.59 Å². The quantitative estimate of drug-likeness (QED) is 0.686. The zero-order valence-electron chi connectivity index (χ0n) is 9.80. The summed E-state index contributed by atoms with van der Waals surface area (Å²) in [7, 11) is 0. The molecule has 2 heterocycles. The highest BCUT2D eigenvalue weighted by atomic mass is 35.5. The summed E-state index contributed by atoms with van der Waals surface area (Å²) in [6.07, 6.45) is 2.50. The van der Waals surface area contributed by atoms with Crippen LogP contribution in [0.1, 0.15) is 10.4 Å². The number of pyridine rings is 1. The summed E-state index contributed by atoms with van der Waals surface area (Å²) in [5, 5.41) is 6.03. The van der Waals surface area contributed by atoms with Gasteiger partial charge in [0.25, 0.3) is 5.91 Å². The second-order valence-corrected chi connectivity index (χ2v) is 4.27. The second kappa shape index (κ2) is 6.36. The lowest BCUT2D eigenvalue weighted by atomic mass is 10.3. The molecule has 0 aromatic carbocycles. The van der Waals surface area contributed by atoms with Crippen LogP contribution in [0.5, 0.6) is 0 Å². The minimum atomic E-state index is -0.744. The maximum Gasteiger partial charge on any atom is 0.340 e. The number of esters is 1. The molecule has 20 heavy (non-hydrogen) atoms. The van der Waals surface area contributed by atoms with Crippen molar-refractivity contribution in [1.29, 1.82) is 0 Å². The molecule has 2 aromatic heterocycles. The molecule has 2 rings (SSSR count). The molecule has 9 heteroatoms. The molecule has 0 saturated carbocycles. The normalized spacial score (nSPS) is 10.1. The van der Waals surface area contributed by atoms with Crippen LogP contribution in [0.2, 0.25) is 10.2 Å². The van der Waals surface area contributed by atoms with Crippen molar-refractivity contribution in [1.82, 2.24) is 10.1 Å². The van der Waals surface area contributed by atoms with Crippen molar-refractivity contribution in [3.05, 3.63) is 40.3 Å². The Morgan fingerprint density at radius 1 is 1.40 bits per heavy atom. The van der Waals surface area contributed by atoms with E-state index in [4.69, 9.17) is 27.9 Å². The van der Waals surface area contributed by atoms with Crippen LogP contribution in [0.25, 0.3) is 0 Å². The number of carbonyl (C=O) groups excluding carboxylic acids is 2. The fourth-order valence-corrected chi connectivity index (χ4v) is 1.47. The largest absolute Gasteiger partial charge is 0.452 e. The van der Waals surface area contributed by atoms with Crippen molar-refractivity contribution >= 4 is 40.9 Å². The van der Waals surface area contributed by atoms with Gasteiger partial charge in [0.05, 0.1) is 10.6 Å². The Hall–Kier alpha value is -2.12. The highest BCUT2D eigenvalue weighted by molar-refractivity contribution is 6.41. The lowest BCUT2D eigenvalue weighted by molar-refractivity contribution is -0.119. The number of hydrogen-bond donors (Lipinski definition) is 1. The Labute approximate surface area is 122 Å². The van der Waals surface area contributed by atoms with Gasteiger partial charge in [-0.3, -0.25) is 4.79 Å². The molecule has 0 aliphatic rings. The standard InChI is InChI=1S/C11H7Cl2N3O4/c12-7-3-6(4-14-10(7)13)11(18)19-5-9(17)15-8-1-2-20-16-8/h1-4H,5H2,(H,15,16,17). The van der Waals surface area contributed by atoms with Gasteiger partial charge in [-0.15, -0.1) is 0 Å². The third-order valence-corrected chi connectivity index (χ3v) is 2.76. The first kappa shape index (κ1) is 14.3. The van der Waals surface area contributed by atoms with E-state index in [2.05, 4.69) is 20.0 Å². The van der Waals surface area contributed by atoms with Crippen LogP contribution < -0.4 is 5.32 Å². The van der Waals surface area contributed by atoms with Gasteiger partial charge in [-0.2, -0.15) is 0 Å². The summed E-state index contributed by atoms with van der Waals surface area (Å²) < 4.78 is 9.31. The number of hydrogen-bond acceptors (Lipinski definition) is 6. The number of carbonyl (C=O) groups is 2. The first-order chi connectivity index (χ1) is 9.56. The lowest BCUT2D eigenvalue weighted by Gasteiger charge is -2.05. The number of amides is 1. The van der Waals surface area contributed by atoms with E-state index >= 15 is 0 Å². The summed E-state index contributed by atoms with van der Waals surface area (Å²) in [6.45, 7) is -0.480. The number of halogens is 2. The number of nitrogens with one attached hydrogen (secondary N) is 1. The molecule has 2 aromatic rings. The summed E-state index contributed by atoms with van der Waals surface area (Å²) >= 11 is 11.3. The lowest BCUT2D eigenvalue weighted by Crippen LogP contribution is -2.21. The average molecular weight is 316 g/mol.